The van der Waals surface area contributed by atoms with E-state index in [1.54, 1.807) is 6.92 Å². The fourth-order valence-corrected chi connectivity index (χ4v) is 6.37. The topological polar surface area (TPSA) is 117 Å². The van der Waals surface area contributed by atoms with E-state index in [0.717, 1.165) is 35.8 Å². The molecule has 0 unspecified atom stereocenters. The number of benzene rings is 1. The van der Waals surface area contributed by atoms with Gasteiger partial charge in [0.05, 0.1) is 29.1 Å². The first kappa shape index (κ1) is 26.1. The summed E-state index contributed by atoms with van der Waals surface area (Å²) in [6.45, 7) is 4.60. The molecular formula is C28H31N3O6S. The third-order valence-corrected chi connectivity index (χ3v) is 8.65. The van der Waals surface area contributed by atoms with E-state index in [1.807, 2.05) is 30.3 Å². The van der Waals surface area contributed by atoms with Crippen LogP contribution in [0.5, 0.6) is 0 Å². The first-order valence-corrected chi connectivity index (χ1v) is 13.6. The number of aryl methyl sites for hydroxylation is 1. The maximum Gasteiger partial charge on any atom is 0.333 e. The zero-order chi connectivity index (χ0) is 27.0. The summed E-state index contributed by atoms with van der Waals surface area (Å²) >= 11 is 1.24. The molecule has 3 heterocycles. The number of carbonyl (C=O) groups is 1. The second kappa shape index (κ2) is 10.3. The van der Waals surface area contributed by atoms with Crippen LogP contribution < -0.4 is 11.2 Å². The molecule has 1 saturated carbocycles. The molecule has 0 spiro atoms. The molecule has 0 bridgehead atoms. The van der Waals surface area contributed by atoms with Crippen LogP contribution in [0.1, 0.15) is 63.2 Å². The standard InChI is InChI=1S/C28H31N3O6S/c1-17-21-24(32)31(28(2,3)26(33)34)27(35)30(25(21)38-22(17)23-29-14-15-36-23)16-20(18-10-6-4-7-11-18)37-19-12-8-5-9-13-19/h4,6-7,10-11,14-15,19-20H,5,8-9,12-13,16H2,1-3H3,(H,33,34)/t20-/m1/s1. The van der Waals surface area contributed by atoms with Gasteiger partial charge in [0.1, 0.15) is 22.7 Å². The highest BCUT2D eigenvalue weighted by atomic mass is 32.1. The van der Waals surface area contributed by atoms with Crippen LogP contribution in [-0.4, -0.2) is 31.3 Å². The molecule has 200 valence electrons. The molecule has 1 aromatic carbocycles. The average molecular weight is 538 g/mol. The van der Waals surface area contributed by atoms with Gasteiger partial charge < -0.3 is 14.3 Å². The highest BCUT2D eigenvalue weighted by Gasteiger charge is 2.36. The van der Waals surface area contributed by atoms with E-state index in [9.17, 15) is 19.5 Å². The molecule has 1 fully saturated rings. The number of oxazole rings is 1. The highest BCUT2D eigenvalue weighted by molar-refractivity contribution is 7.22. The molecule has 10 heteroatoms. The maximum atomic E-state index is 14.0. The molecule has 9 nitrogen and oxygen atoms in total. The Labute approximate surface area is 223 Å². The summed E-state index contributed by atoms with van der Waals surface area (Å²) in [4.78, 5) is 45.2. The van der Waals surface area contributed by atoms with Crippen LogP contribution in [0, 0.1) is 6.92 Å². The molecule has 5 rings (SSSR count). The highest BCUT2D eigenvalue weighted by Crippen LogP contribution is 2.37. The molecule has 38 heavy (non-hydrogen) atoms. The van der Waals surface area contributed by atoms with Gasteiger partial charge in [-0.25, -0.2) is 19.1 Å². The quantitative estimate of drug-likeness (QED) is 0.332. The maximum absolute atomic E-state index is 14.0. The summed E-state index contributed by atoms with van der Waals surface area (Å²) in [7, 11) is 0. The van der Waals surface area contributed by atoms with Crippen LogP contribution in [0.25, 0.3) is 21.0 Å². The van der Waals surface area contributed by atoms with Crippen LogP contribution in [0.15, 0.2) is 56.8 Å². The Morgan fingerprint density at radius 1 is 1.21 bits per heavy atom. The number of fused-ring (bicyclic) bond motifs is 1. The Morgan fingerprint density at radius 2 is 1.92 bits per heavy atom. The number of thiophene rings is 1. The van der Waals surface area contributed by atoms with Gasteiger partial charge in [-0.3, -0.25) is 9.36 Å². The number of nitrogens with zero attached hydrogens (tertiary/aromatic N) is 3. The summed E-state index contributed by atoms with van der Waals surface area (Å²) in [5.41, 5.74) is -1.61. The van der Waals surface area contributed by atoms with Crippen molar-refractivity contribution in [3.63, 3.8) is 0 Å². The summed E-state index contributed by atoms with van der Waals surface area (Å²) in [5.74, 6) is -0.939. The number of aliphatic carboxylic acids is 1. The minimum absolute atomic E-state index is 0.0643. The van der Waals surface area contributed by atoms with Crippen molar-refractivity contribution in [1.29, 1.82) is 0 Å². The number of carboxylic acid groups (broad SMARTS) is 1. The number of hydrogen-bond donors (Lipinski definition) is 1. The molecular weight excluding hydrogens is 506 g/mol. The number of rotatable bonds is 8. The van der Waals surface area contributed by atoms with Crippen molar-refractivity contribution in [1.82, 2.24) is 14.1 Å². The predicted octanol–water partition coefficient (Wildman–Crippen LogP) is 5.10. The Morgan fingerprint density at radius 3 is 2.55 bits per heavy atom. The van der Waals surface area contributed by atoms with Crippen LogP contribution in [0.3, 0.4) is 0 Å². The normalized spacial score (nSPS) is 15.7. The van der Waals surface area contributed by atoms with Gasteiger partial charge in [0.2, 0.25) is 5.89 Å². The zero-order valence-electron chi connectivity index (χ0n) is 21.7. The van der Waals surface area contributed by atoms with Gasteiger partial charge in [0, 0.05) is 0 Å². The van der Waals surface area contributed by atoms with Crippen LogP contribution in [0.4, 0.5) is 0 Å². The third-order valence-electron chi connectivity index (χ3n) is 7.35. The first-order chi connectivity index (χ1) is 18.2. The molecule has 0 amide bonds. The van der Waals surface area contributed by atoms with Crippen molar-refractivity contribution in [3.05, 3.63) is 74.8 Å². The van der Waals surface area contributed by atoms with Crippen molar-refractivity contribution in [3.8, 4) is 10.8 Å². The molecule has 4 aromatic rings. The van der Waals surface area contributed by atoms with E-state index < -0.39 is 28.9 Å². The minimum atomic E-state index is -1.77. The summed E-state index contributed by atoms with van der Waals surface area (Å²) < 4.78 is 14.5. The smallest absolute Gasteiger partial charge is 0.333 e. The monoisotopic (exact) mass is 537 g/mol. The molecule has 1 aliphatic rings. The Hall–Kier alpha value is -3.50. The van der Waals surface area contributed by atoms with Gasteiger partial charge in [-0.1, -0.05) is 49.6 Å². The molecule has 0 aliphatic heterocycles. The van der Waals surface area contributed by atoms with Gasteiger partial charge in [-0.05, 0) is 44.7 Å². The molecule has 0 saturated heterocycles. The number of aromatic nitrogens is 3. The van der Waals surface area contributed by atoms with Gasteiger partial charge in [-0.2, -0.15) is 0 Å². The number of ether oxygens (including phenoxy) is 1. The second-order valence-corrected chi connectivity index (χ2v) is 11.3. The SMILES string of the molecule is Cc1c(-c2ncco2)sc2c1c(=O)n(C(C)(C)C(=O)O)c(=O)n2C[C@@H](OC1CCCCC1)c1ccccc1. The Kier molecular flexibility index (Phi) is 7.11. The van der Waals surface area contributed by atoms with E-state index >= 15 is 0 Å². The number of carboxylic acids is 1. The lowest BCUT2D eigenvalue weighted by Gasteiger charge is -2.29. The predicted molar refractivity (Wildman–Crippen MR) is 145 cm³/mol. The molecule has 0 radical (unpaired) electrons. The van der Waals surface area contributed by atoms with Crippen molar-refractivity contribution in [2.24, 2.45) is 0 Å². The summed E-state index contributed by atoms with van der Waals surface area (Å²) in [6.07, 6.45) is 7.83. The summed E-state index contributed by atoms with van der Waals surface area (Å²) in [6, 6.07) is 9.70. The molecule has 3 aromatic heterocycles. The van der Waals surface area contributed by atoms with Gasteiger partial charge in [-0.15, -0.1) is 11.3 Å². The van der Waals surface area contributed by atoms with E-state index in [2.05, 4.69) is 4.98 Å². The largest absolute Gasteiger partial charge is 0.480 e. The number of hydrogen-bond acceptors (Lipinski definition) is 7. The molecule has 1 aliphatic carbocycles. The fourth-order valence-electron chi connectivity index (χ4n) is 5.13. The van der Waals surface area contributed by atoms with E-state index in [1.165, 1.54) is 48.6 Å². The van der Waals surface area contributed by atoms with E-state index in [4.69, 9.17) is 9.15 Å². The van der Waals surface area contributed by atoms with Crippen molar-refractivity contribution in [2.75, 3.05) is 0 Å². The van der Waals surface area contributed by atoms with Gasteiger partial charge in [0.15, 0.2) is 0 Å². The fraction of sp³-hybridized carbons (Fsp3) is 0.429. The first-order valence-electron chi connectivity index (χ1n) is 12.8. The van der Waals surface area contributed by atoms with Crippen molar-refractivity contribution >= 4 is 27.5 Å². The van der Waals surface area contributed by atoms with Crippen LogP contribution in [0.2, 0.25) is 0 Å². The minimum Gasteiger partial charge on any atom is -0.480 e. The molecule has 1 atom stereocenters. The van der Waals surface area contributed by atoms with E-state index in [0.29, 0.717) is 21.2 Å². The third kappa shape index (κ3) is 4.63. The van der Waals surface area contributed by atoms with Crippen molar-refractivity contribution in [2.45, 2.75) is 77.2 Å². The van der Waals surface area contributed by atoms with Crippen molar-refractivity contribution < 1.29 is 19.1 Å². The summed E-state index contributed by atoms with van der Waals surface area (Å²) in [5, 5.41) is 10.2. The van der Waals surface area contributed by atoms with E-state index in [-0.39, 0.29) is 18.0 Å². The lowest BCUT2D eigenvalue weighted by atomic mass is 9.97. The lowest BCUT2D eigenvalue weighted by molar-refractivity contribution is -0.146. The second-order valence-electron chi connectivity index (χ2n) is 10.3. The van der Waals surface area contributed by atoms with Gasteiger partial charge in [0.25, 0.3) is 5.56 Å². The Balaban J connectivity index is 1.74. The van der Waals surface area contributed by atoms with Crippen LogP contribution in [-0.2, 0) is 21.6 Å². The molecule has 1 N–H and O–H groups in total. The van der Waals surface area contributed by atoms with Gasteiger partial charge >= 0.3 is 11.7 Å². The zero-order valence-corrected chi connectivity index (χ0v) is 22.5. The Bertz CT molecular complexity index is 1560. The average Bonchev–Trinajstić information content (AvgIpc) is 3.55. The van der Waals surface area contributed by atoms with Crippen LogP contribution >= 0.6 is 11.3 Å². The lowest BCUT2D eigenvalue weighted by Crippen LogP contribution is -2.52.